The number of aliphatic imine (C=N–C) groups is 1. The Hall–Kier alpha value is -1.23. The highest BCUT2D eigenvalue weighted by Crippen LogP contribution is 2.12. The Balaban J connectivity index is 1.93. The van der Waals surface area contributed by atoms with Crippen LogP contribution >= 0.6 is 11.8 Å². The molecule has 0 unspecified atom stereocenters. The van der Waals surface area contributed by atoms with Gasteiger partial charge in [0.15, 0.2) is 6.20 Å². The lowest BCUT2D eigenvalue weighted by Crippen LogP contribution is -2.32. The molecular formula is C10H13N3OS. The number of amidine groups is 1. The van der Waals surface area contributed by atoms with Crippen LogP contribution < -0.4 is 10.0 Å². The maximum Gasteiger partial charge on any atom is 0.251 e. The van der Waals surface area contributed by atoms with Gasteiger partial charge in [0.2, 0.25) is 0 Å². The fraction of sp³-hybridized carbons (Fsp3) is 0.400. The van der Waals surface area contributed by atoms with Crippen molar-refractivity contribution in [3.8, 4) is 0 Å². The molecule has 0 atom stereocenters. The molecule has 0 bridgehead atoms. The highest BCUT2D eigenvalue weighted by Gasteiger charge is 2.08. The van der Waals surface area contributed by atoms with Gasteiger partial charge in [-0.2, -0.15) is 4.73 Å². The van der Waals surface area contributed by atoms with Gasteiger partial charge in [0, 0.05) is 25.2 Å². The van der Waals surface area contributed by atoms with Crippen LogP contribution in [0, 0.1) is 5.21 Å². The molecule has 0 fully saturated rings. The molecule has 1 N–H and O–H groups in total. The van der Waals surface area contributed by atoms with E-state index >= 15 is 0 Å². The van der Waals surface area contributed by atoms with Gasteiger partial charge in [-0.1, -0.05) is 0 Å². The fourth-order valence-corrected chi connectivity index (χ4v) is 2.19. The Kier molecular flexibility index (Phi) is 3.45. The van der Waals surface area contributed by atoms with Crippen LogP contribution in [0.1, 0.15) is 6.42 Å². The van der Waals surface area contributed by atoms with E-state index in [1.807, 2.05) is 12.1 Å². The SMILES string of the molecule is [O-][n+]1ccccc1SCC1=NCCCN1. The molecule has 0 amide bonds. The third kappa shape index (κ3) is 2.86. The Labute approximate surface area is 93.0 Å². The van der Waals surface area contributed by atoms with Crippen LogP contribution in [0.15, 0.2) is 34.4 Å². The van der Waals surface area contributed by atoms with E-state index in [2.05, 4.69) is 10.3 Å². The Morgan fingerprint density at radius 3 is 3.20 bits per heavy atom. The number of rotatable bonds is 3. The molecule has 2 rings (SSSR count). The van der Waals surface area contributed by atoms with Gasteiger partial charge in [0.05, 0.1) is 5.75 Å². The van der Waals surface area contributed by atoms with Gasteiger partial charge in [-0.05, 0) is 24.2 Å². The molecule has 0 aromatic carbocycles. The summed E-state index contributed by atoms with van der Waals surface area (Å²) in [7, 11) is 0. The maximum absolute atomic E-state index is 11.3. The van der Waals surface area contributed by atoms with Crippen LogP contribution in [-0.2, 0) is 0 Å². The monoisotopic (exact) mass is 223 g/mol. The van der Waals surface area contributed by atoms with Crippen LogP contribution in [0.5, 0.6) is 0 Å². The standard InChI is InChI=1S/C10H13N3OS/c14-13-7-2-1-4-10(13)15-8-9-11-5-3-6-12-9/h1-2,4,7H,3,5-6,8H2,(H,11,12). The fourth-order valence-electron chi connectivity index (χ4n) is 1.35. The molecule has 1 aromatic rings. The molecule has 0 saturated carbocycles. The van der Waals surface area contributed by atoms with Gasteiger partial charge in [-0.25, -0.2) is 0 Å². The van der Waals surface area contributed by atoms with Gasteiger partial charge in [0.1, 0.15) is 5.84 Å². The Morgan fingerprint density at radius 2 is 2.47 bits per heavy atom. The van der Waals surface area contributed by atoms with Crippen molar-refractivity contribution in [1.82, 2.24) is 5.32 Å². The van der Waals surface area contributed by atoms with E-state index in [-0.39, 0.29) is 0 Å². The summed E-state index contributed by atoms with van der Waals surface area (Å²) in [5.74, 6) is 1.74. The van der Waals surface area contributed by atoms with Crippen molar-refractivity contribution in [3.05, 3.63) is 29.6 Å². The van der Waals surface area contributed by atoms with Crippen molar-refractivity contribution in [2.24, 2.45) is 4.99 Å². The minimum absolute atomic E-state index is 0.715. The van der Waals surface area contributed by atoms with Gasteiger partial charge in [-0.3, -0.25) is 4.99 Å². The molecule has 5 heteroatoms. The van der Waals surface area contributed by atoms with Crippen molar-refractivity contribution < 1.29 is 4.73 Å². The van der Waals surface area contributed by atoms with E-state index in [0.29, 0.717) is 5.03 Å². The number of nitrogens with one attached hydrogen (secondary N) is 1. The molecule has 1 aliphatic rings. The third-order valence-electron chi connectivity index (χ3n) is 2.11. The van der Waals surface area contributed by atoms with E-state index in [0.717, 1.165) is 35.8 Å². The highest BCUT2D eigenvalue weighted by molar-refractivity contribution is 7.99. The van der Waals surface area contributed by atoms with Crippen LogP contribution in [0.25, 0.3) is 0 Å². The zero-order valence-corrected chi connectivity index (χ0v) is 9.17. The first-order valence-electron chi connectivity index (χ1n) is 4.94. The lowest BCUT2D eigenvalue weighted by Gasteiger charge is -2.13. The first-order valence-corrected chi connectivity index (χ1v) is 5.93. The molecule has 15 heavy (non-hydrogen) atoms. The van der Waals surface area contributed by atoms with E-state index in [1.165, 1.54) is 18.0 Å². The van der Waals surface area contributed by atoms with Crippen molar-refractivity contribution in [1.29, 1.82) is 0 Å². The smallest absolute Gasteiger partial charge is 0.251 e. The molecule has 1 aromatic heterocycles. The van der Waals surface area contributed by atoms with Gasteiger partial charge >= 0.3 is 0 Å². The summed E-state index contributed by atoms with van der Waals surface area (Å²) in [5, 5.41) is 15.3. The normalized spacial score (nSPS) is 15.6. The number of thioether (sulfide) groups is 1. The predicted molar refractivity (Wildman–Crippen MR) is 61.0 cm³/mol. The molecule has 0 saturated heterocycles. The zero-order valence-electron chi connectivity index (χ0n) is 8.35. The second-order valence-corrected chi connectivity index (χ2v) is 4.26. The lowest BCUT2D eigenvalue weighted by atomic mass is 10.4. The zero-order chi connectivity index (χ0) is 10.5. The topological polar surface area (TPSA) is 51.3 Å². The minimum Gasteiger partial charge on any atom is -0.618 e. The number of pyridine rings is 1. The highest BCUT2D eigenvalue weighted by atomic mass is 32.2. The minimum atomic E-state index is 0.715. The van der Waals surface area contributed by atoms with Crippen LogP contribution in [0.4, 0.5) is 0 Å². The van der Waals surface area contributed by atoms with Crippen molar-refractivity contribution >= 4 is 17.6 Å². The molecule has 0 aliphatic carbocycles. The third-order valence-corrected chi connectivity index (χ3v) is 3.14. The van der Waals surface area contributed by atoms with Crippen molar-refractivity contribution in [2.75, 3.05) is 18.8 Å². The first-order chi connectivity index (χ1) is 7.36. The van der Waals surface area contributed by atoms with Gasteiger partial charge in [0.25, 0.3) is 5.03 Å². The molecule has 0 radical (unpaired) electrons. The quantitative estimate of drug-likeness (QED) is 0.468. The molecular weight excluding hydrogens is 210 g/mol. The van der Waals surface area contributed by atoms with Gasteiger partial charge in [-0.15, -0.1) is 0 Å². The van der Waals surface area contributed by atoms with Crippen LogP contribution in [-0.4, -0.2) is 24.7 Å². The summed E-state index contributed by atoms with van der Waals surface area (Å²) in [4.78, 5) is 4.35. The van der Waals surface area contributed by atoms with E-state index < -0.39 is 0 Å². The average Bonchev–Trinajstić information content (AvgIpc) is 2.29. The Bertz CT molecular complexity index is 367. The second-order valence-electron chi connectivity index (χ2n) is 3.26. The van der Waals surface area contributed by atoms with E-state index in [9.17, 15) is 5.21 Å². The largest absolute Gasteiger partial charge is 0.618 e. The summed E-state index contributed by atoms with van der Waals surface area (Å²) < 4.78 is 0.883. The summed E-state index contributed by atoms with van der Waals surface area (Å²) in [6, 6.07) is 5.42. The number of hydrogen-bond donors (Lipinski definition) is 1. The second kappa shape index (κ2) is 5.02. The lowest BCUT2D eigenvalue weighted by molar-refractivity contribution is -0.645. The number of hydrogen-bond acceptors (Lipinski definition) is 4. The summed E-state index contributed by atoms with van der Waals surface area (Å²) in [5.41, 5.74) is 0. The maximum atomic E-state index is 11.3. The number of nitrogens with zero attached hydrogens (tertiary/aromatic N) is 2. The molecule has 0 spiro atoms. The van der Waals surface area contributed by atoms with Crippen LogP contribution in [0.2, 0.25) is 0 Å². The van der Waals surface area contributed by atoms with Gasteiger partial charge < -0.3 is 10.5 Å². The predicted octanol–water partition coefficient (Wildman–Crippen LogP) is 0.804. The molecule has 80 valence electrons. The number of aromatic nitrogens is 1. The first kappa shape index (κ1) is 10.3. The summed E-state index contributed by atoms with van der Waals surface area (Å²) in [6.45, 7) is 1.89. The molecule has 1 aliphatic heterocycles. The van der Waals surface area contributed by atoms with Crippen molar-refractivity contribution in [3.63, 3.8) is 0 Å². The summed E-state index contributed by atoms with van der Waals surface area (Å²) in [6.07, 6.45) is 2.61. The average molecular weight is 223 g/mol. The Morgan fingerprint density at radius 1 is 1.53 bits per heavy atom. The van der Waals surface area contributed by atoms with E-state index in [1.54, 1.807) is 6.07 Å². The summed E-state index contributed by atoms with van der Waals surface area (Å²) >= 11 is 1.51. The molecule has 2 heterocycles. The molecule has 4 nitrogen and oxygen atoms in total. The van der Waals surface area contributed by atoms with Crippen molar-refractivity contribution in [2.45, 2.75) is 11.4 Å². The van der Waals surface area contributed by atoms with E-state index in [4.69, 9.17) is 0 Å². The van der Waals surface area contributed by atoms with Crippen LogP contribution in [0.3, 0.4) is 0 Å².